The van der Waals surface area contributed by atoms with Crippen molar-refractivity contribution in [3.63, 3.8) is 0 Å². The molecule has 0 aromatic heterocycles. The van der Waals surface area contributed by atoms with Gasteiger partial charge in [0.1, 0.15) is 0 Å². The fourth-order valence-electron chi connectivity index (χ4n) is 5.55. The Balaban J connectivity index is 1.33. The Morgan fingerprint density at radius 3 is 2.11 bits per heavy atom. The van der Waals surface area contributed by atoms with Crippen molar-refractivity contribution in [2.75, 3.05) is 13.6 Å². The maximum absolute atomic E-state index is 3.99. The SMILES string of the molecule is CC(CNC1C2CC3CC(C2)CC1C3)N(C)C1CC1. The third kappa shape index (κ3) is 2.35. The molecule has 0 aliphatic heterocycles. The minimum atomic E-state index is 0.713. The molecule has 2 nitrogen and oxygen atoms in total. The number of hydrogen-bond donors (Lipinski definition) is 1. The van der Waals surface area contributed by atoms with E-state index in [2.05, 4.69) is 24.2 Å². The Bertz CT molecular complexity index is 308. The van der Waals surface area contributed by atoms with E-state index in [-0.39, 0.29) is 0 Å². The predicted octanol–water partition coefficient (Wildman–Crippen LogP) is 2.88. The first-order valence-electron chi connectivity index (χ1n) is 8.66. The summed E-state index contributed by atoms with van der Waals surface area (Å²) in [6.07, 6.45) is 10.6. The molecule has 1 unspecified atom stereocenters. The summed E-state index contributed by atoms with van der Waals surface area (Å²) in [6, 6.07) is 2.47. The van der Waals surface area contributed by atoms with Gasteiger partial charge in [0.05, 0.1) is 0 Å². The number of hydrogen-bond acceptors (Lipinski definition) is 2. The van der Waals surface area contributed by atoms with Crippen molar-refractivity contribution in [2.24, 2.45) is 23.7 Å². The van der Waals surface area contributed by atoms with Gasteiger partial charge >= 0.3 is 0 Å². The van der Waals surface area contributed by atoms with Crippen molar-refractivity contribution >= 4 is 0 Å². The third-order valence-corrected chi connectivity index (χ3v) is 6.69. The van der Waals surface area contributed by atoms with Crippen LogP contribution < -0.4 is 5.32 Å². The standard InChI is InChI=1S/C17H30N2/c1-11(19(2)16-3-4-16)10-18-17-14-6-12-5-13(8-14)9-15(17)7-12/h11-18H,3-10H2,1-2H3. The highest BCUT2D eigenvalue weighted by Gasteiger charge is 2.48. The predicted molar refractivity (Wildman–Crippen MR) is 79.1 cm³/mol. The first-order valence-corrected chi connectivity index (χ1v) is 8.66. The van der Waals surface area contributed by atoms with Crippen LogP contribution in [0.5, 0.6) is 0 Å². The molecule has 0 amide bonds. The maximum atomic E-state index is 3.99. The molecule has 4 bridgehead atoms. The van der Waals surface area contributed by atoms with E-state index < -0.39 is 0 Å². The van der Waals surface area contributed by atoms with Gasteiger partial charge in [0.25, 0.3) is 0 Å². The molecule has 5 rings (SSSR count). The summed E-state index contributed by atoms with van der Waals surface area (Å²) in [5.74, 6) is 4.25. The Labute approximate surface area is 118 Å². The van der Waals surface area contributed by atoms with E-state index in [4.69, 9.17) is 0 Å². The van der Waals surface area contributed by atoms with Gasteiger partial charge in [-0.05, 0) is 82.6 Å². The van der Waals surface area contributed by atoms with Crippen LogP contribution in [0.2, 0.25) is 0 Å². The Kier molecular flexibility index (Phi) is 3.15. The molecule has 5 saturated carbocycles. The second-order valence-corrected chi connectivity index (χ2v) is 8.11. The molecule has 1 atom stereocenters. The van der Waals surface area contributed by atoms with Crippen LogP contribution in [0.3, 0.4) is 0 Å². The van der Waals surface area contributed by atoms with E-state index in [1.54, 1.807) is 6.42 Å². The first kappa shape index (κ1) is 12.6. The van der Waals surface area contributed by atoms with Crippen molar-refractivity contribution in [1.29, 1.82) is 0 Å². The molecule has 0 aromatic carbocycles. The monoisotopic (exact) mass is 262 g/mol. The first-order chi connectivity index (χ1) is 9.20. The van der Waals surface area contributed by atoms with Crippen LogP contribution in [0.15, 0.2) is 0 Å². The second-order valence-electron chi connectivity index (χ2n) is 8.11. The normalized spacial score (nSPS) is 45.9. The van der Waals surface area contributed by atoms with Gasteiger partial charge in [0.2, 0.25) is 0 Å². The summed E-state index contributed by atoms with van der Waals surface area (Å²) >= 11 is 0. The zero-order valence-electron chi connectivity index (χ0n) is 12.6. The van der Waals surface area contributed by atoms with Crippen LogP contribution in [0.4, 0.5) is 0 Å². The maximum Gasteiger partial charge on any atom is 0.0192 e. The van der Waals surface area contributed by atoms with Crippen molar-refractivity contribution in [1.82, 2.24) is 10.2 Å². The summed E-state index contributed by atoms with van der Waals surface area (Å²) in [5.41, 5.74) is 0. The Hall–Kier alpha value is -0.0800. The highest BCUT2D eigenvalue weighted by molar-refractivity contribution is 5.01. The van der Waals surface area contributed by atoms with Crippen molar-refractivity contribution in [3.05, 3.63) is 0 Å². The Morgan fingerprint density at radius 2 is 1.58 bits per heavy atom. The molecule has 0 aromatic rings. The van der Waals surface area contributed by atoms with Crippen molar-refractivity contribution in [3.8, 4) is 0 Å². The molecule has 0 saturated heterocycles. The van der Waals surface area contributed by atoms with Gasteiger partial charge in [-0.1, -0.05) is 0 Å². The molecule has 5 fully saturated rings. The summed E-state index contributed by atoms with van der Waals surface area (Å²) in [4.78, 5) is 2.60. The largest absolute Gasteiger partial charge is 0.312 e. The number of likely N-dealkylation sites (N-methyl/N-ethyl adjacent to an activating group) is 1. The number of rotatable bonds is 5. The van der Waals surface area contributed by atoms with Crippen molar-refractivity contribution < 1.29 is 0 Å². The molecule has 5 aliphatic rings. The number of nitrogens with zero attached hydrogens (tertiary/aromatic N) is 1. The third-order valence-electron chi connectivity index (χ3n) is 6.69. The summed E-state index contributed by atoms with van der Waals surface area (Å²) in [7, 11) is 2.32. The van der Waals surface area contributed by atoms with E-state index >= 15 is 0 Å². The quantitative estimate of drug-likeness (QED) is 0.819. The van der Waals surface area contributed by atoms with E-state index in [0.29, 0.717) is 6.04 Å². The van der Waals surface area contributed by atoms with Crippen LogP contribution in [0, 0.1) is 23.7 Å². The lowest BCUT2D eigenvalue weighted by Gasteiger charge is -2.55. The minimum absolute atomic E-state index is 0.713. The van der Waals surface area contributed by atoms with Gasteiger partial charge in [0, 0.05) is 24.7 Å². The molecular formula is C17H30N2. The molecule has 5 aliphatic carbocycles. The fourth-order valence-corrected chi connectivity index (χ4v) is 5.55. The molecule has 0 radical (unpaired) electrons. The molecule has 1 N–H and O–H groups in total. The van der Waals surface area contributed by atoms with Crippen molar-refractivity contribution in [2.45, 2.75) is 70.0 Å². The fraction of sp³-hybridized carbons (Fsp3) is 1.00. The molecular weight excluding hydrogens is 232 g/mol. The van der Waals surface area contributed by atoms with Gasteiger partial charge in [-0.15, -0.1) is 0 Å². The van der Waals surface area contributed by atoms with Gasteiger partial charge in [-0.2, -0.15) is 0 Å². The highest BCUT2D eigenvalue weighted by atomic mass is 15.2. The average Bonchev–Trinajstić information content (AvgIpc) is 3.20. The molecule has 19 heavy (non-hydrogen) atoms. The van der Waals surface area contributed by atoms with Gasteiger partial charge in [-0.25, -0.2) is 0 Å². The topological polar surface area (TPSA) is 15.3 Å². The van der Waals surface area contributed by atoms with Crippen LogP contribution in [0.1, 0.15) is 51.9 Å². The molecule has 2 heteroatoms. The smallest absolute Gasteiger partial charge is 0.0192 e. The summed E-state index contributed by atoms with van der Waals surface area (Å²) in [5, 5.41) is 3.99. The van der Waals surface area contributed by atoms with Gasteiger partial charge in [-0.3, -0.25) is 4.90 Å². The van der Waals surface area contributed by atoms with E-state index in [0.717, 1.165) is 35.8 Å². The molecule has 0 heterocycles. The minimum Gasteiger partial charge on any atom is -0.312 e. The lowest BCUT2D eigenvalue weighted by Crippen LogP contribution is -2.56. The number of nitrogens with one attached hydrogen (secondary N) is 1. The van der Waals surface area contributed by atoms with Crippen LogP contribution in [0.25, 0.3) is 0 Å². The van der Waals surface area contributed by atoms with E-state index in [1.807, 2.05) is 0 Å². The van der Waals surface area contributed by atoms with Crippen LogP contribution in [-0.4, -0.2) is 36.6 Å². The van der Waals surface area contributed by atoms with Gasteiger partial charge in [0.15, 0.2) is 0 Å². The lowest BCUT2D eigenvalue weighted by atomic mass is 9.54. The van der Waals surface area contributed by atoms with Crippen LogP contribution in [-0.2, 0) is 0 Å². The zero-order valence-corrected chi connectivity index (χ0v) is 12.6. The summed E-state index contributed by atoms with van der Waals surface area (Å²) in [6.45, 7) is 3.61. The van der Waals surface area contributed by atoms with Gasteiger partial charge < -0.3 is 5.32 Å². The Morgan fingerprint density at radius 1 is 1.00 bits per heavy atom. The van der Waals surface area contributed by atoms with E-state index in [1.165, 1.54) is 45.1 Å². The average molecular weight is 262 g/mol. The lowest BCUT2D eigenvalue weighted by molar-refractivity contribution is -0.0153. The second kappa shape index (κ2) is 4.73. The molecule has 0 spiro atoms. The summed E-state index contributed by atoms with van der Waals surface area (Å²) < 4.78 is 0. The van der Waals surface area contributed by atoms with Crippen LogP contribution >= 0.6 is 0 Å². The van der Waals surface area contributed by atoms with E-state index in [9.17, 15) is 0 Å². The highest BCUT2D eigenvalue weighted by Crippen LogP contribution is 2.53. The zero-order chi connectivity index (χ0) is 13.0. The molecule has 108 valence electrons.